The standard InChI is InChI=1S/C23H31BrFNO2S/c1-13(2)17-10-19(14(3)4)23(20(11-17)15(5)6)29(27,28)26-21-9-16(7)8-18(12-25)22(21)24/h8-11,13-15,26H,12H2,1-7H3. The van der Waals surface area contributed by atoms with E-state index in [0.29, 0.717) is 26.5 Å². The van der Waals surface area contributed by atoms with Crippen LogP contribution >= 0.6 is 15.9 Å². The molecule has 0 aliphatic heterocycles. The minimum absolute atomic E-state index is 0.0418. The maximum atomic E-state index is 13.6. The number of hydrogen-bond acceptors (Lipinski definition) is 2. The Morgan fingerprint density at radius 2 is 1.45 bits per heavy atom. The van der Waals surface area contributed by atoms with Gasteiger partial charge in [0.05, 0.1) is 10.6 Å². The maximum absolute atomic E-state index is 13.6. The smallest absolute Gasteiger partial charge is 0.262 e. The summed E-state index contributed by atoms with van der Waals surface area (Å²) in [6, 6.07) is 7.44. The van der Waals surface area contributed by atoms with Gasteiger partial charge in [0.1, 0.15) is 6.67 Å². The predicted octanol–water partition coefficient (Wildman–Crippen LogP) is 7.40. The summed E-state index contributed by atoms with van der Waals surface area (Å²) in [6.45, 7) is 13.4. The van der Waals surface area contributed by atoms with E-state index >= 15 is 0 Å². The van der Waals surface area contributed by atoms with Crippen LogP contribution < -0.4 is 4.72 Å². The van der Waals surface area contributed by atoms with Gasteiger partial charge in [-0.3, -0.25) is 4.72 Å². The minimum atomic E-state index is -3.87. The zero-order chi connectivity index (χ0) is 22.1. The fourth-order valence-electron chi connectivity index (χ4n) is 3.41. The van der Waals surface area contributed by atoms with Crippen LogP contribution in [0.15, 0.2) is 33.6 Å². The predicted molar refractivity (Wildman–Crippen MR) is 123 cm³/mol. The topological polar surface area (TPSA) is 46.2 Å². The summed E-state index contributed by atoms with van der Waals surface area (Å²) in [6.07, 6.45) is 0. The molecular formula is C23H31BrFNO2S. The van der Waals surface area contributed by atoms with Gasteiger partial charge in [0.25, 0.3) is 10.0 Å². The van der Waals surface area contributed by atoms with Crippen molar-refractivity contribution in [2.45, 2.75) is 77.8 Å². The van der Waals surface area contributed by atoms with Gasteiger partial charge in [-0.2, -0.15) is 0 Å². The first-order valence-electron chi connectivity index (χ1n) is 9.94. The number of benzene rings is 2. The zero-order valence-corrected chi connectivity index (χ0v) is 20.6. The Kier molecular flexibility index (Phi) is 7.55. The molecule has 0 saturated heterocycles. The van der Waals surface area contributed by atoms with E-state index in [1.807, 2.05) is 46.8 Å². The molecule has 0 spiro atoms. The normalized spacial score (nSPS) is 12.3. The molecular weight excluding hydrogens is 453 g/mol. The van der Waals surface area contributed by atoms with Crippen LogP contribution in [-0.4, -0.2) is 8.42 Å². The second kappa shape index (κ2) is 9.17. The van der Waals surface area contributed by atoms with Gasteiger partial charge < -0.3 is 0 Å². The van der Waals surface area contributed by atoms with Crippen LogP contribution in [0.3, 0.4) is 0 Å². The van der Waals surface area contributed by atoms with Crippen LogP contribution in [0.4, 0.5) is 10.1 Å². The number of rotatable bonds is 7. The second-order valence-electron chi connectivity index (χ2n) is 8.52. The van der Waals surface area contributed by atoms with Gasteiger partial charge in [0, 0.05) is 4.47 Å². The first kappa shape index (κ1) is 23.9. The van der Waals surface area contributed by atoms with E-state index < -0.39 is 16.7 Å². The van der Waals surface area contributed by atoms with E-state index in [1.165, 1.54) is 0 Å². The van der Waals surface area contributed by atoms with E-state index in [9.17, 15) is 12.8 Å². The highest BCUT2D eigenvalue weighted by atomic mass is 79.9. The Morgan fingerprint density at radius 1 is 0.931 bits per heavy atom. The van der Waals surface area contributed by atoms with E-state index in [1.54, 1.807) is 12.1 Å². The van der Waals surface area contributed by atoms with Crippen molar-refractivity contribution >= 4 is 31.6 Å². The quantitative estimate of drug-likeness (QED) is 0.445. The van der Waals surface area contributed by atoms with Gasteiger partial charge in [-0.25, -0.2) is 12.8 Å². The highest BCUT2D eigenvalue weighted by Gasteiger charge is 2.28. The highest BCUT2D eigenvalue weighted by molar-refractivity contribution is 9.10. The number of sulfonamides is 1. The van der Waals surface area contributed by atoms with Crippen molar-refractivity contribution in [3.63, 3.8) is 0 Å². The summed E-state index contributed by atoms with van der Waals surface area (Å²) in [4.78, 5) is 0.335. The number of anilines is 1. The molecule has 0 unspecified atom stereocenters. The zero-order valence-electron chi connectivity index (χ0n) is 18.2. The van der Waals surface area contributed by atoms with Crippen molar-refractivity contribution < 1.29 is 12.8 Å². The molecule has 0 heterocycles. The highest BCUT2D eigenvalue weighted by Crippen LogP contribution is 2.37. The molecule has 0 radical (unpaired) electrons. The molecule has 0 aliphatic rings. The molecule has 6 heteroatoms. The van der Waals surface area contributed by atoms with Crippen molar-refractivity contribution in [3.05, 3.63) is 56.6 Å². The van der Waals surface area contributed by atoms with Crippen molar-refractivity contribution in [2.75, 3.05) is 4.72 Å². The van der Waals surface area contributed by atoms with Crippen LogP contribution in [0.1, 0.15) is 87.1 Å². The lowest BCUT2D eigenvalue weighted by molar-refractivity contribution is 0.484. The summed E-state index contributed by atoms with van der Waals surface area (Å²) >= 11 is 3.36. The molecule has 3 nitrogen and oxygen atoms in total. The SMILES string of the molecule is Cc1cc(CF)c(Br)c(NS(=O)(=O)c2c(C(C)C)cc(C(C)C)cc2C(C)C)c1. The Bertz CT molecular complexity index is 969. The van der Waals surface area contributed by atoms with Crippen LogP contribution in [0.25, 0.3) is 0 Å². The molecule has 0 aromatic heterocycles. The van der Waals surface area contributed by atoms with E-state index in [4.69, 9.17) is 0 Å². The lowest BCUT2D eigenvalue weighted by Crippen LogP contribution is -2.19. The Balaban J connectivity index is 2.74. The third-order valence-corrected chi connectivity index (χ3v) is 7.46. The minimum Gasteiger partial charge on any atom is -0.278 e. The number of hydrogen-bond donors (Lipinski definition) is 1. The van der Waals surface area contributed by atoms with Crippen LogP contribution in [0.5, 0.6) is 0 Å². The van der Waals surface area contributed by atoms with E-state index in [2.05, 4.69) is 34.5 Å². The van der Waals surface area contributed by atoms with Gasteiger partial charge in [0.2, 0.25) is 0 Å². The summed E-state index contributed by atoms with van der Waals surface area (Å²) in [5.74, 6) is 0.382. The molecule has 1 N–H and O–H groups in total. The summed E-state index contributed by atoms with van der Waals surface area (Å²) in [5, 5.41) is 0. The van der Waals surface area contributed by atoms with Crippen molar-refractivity contribution in [3.8, 4) is 0 Å². The van der Waals surface area contributed by atoms with Gasteiger partial charge in [0.15, 0.2) is 0 Å². The monoisotopic (exact) mass is 483 g/mol. The van der Waals surface area contributed by atoms with Gasteiger partial charge in [-0.1, -0.05) is 59.7 Å². The molecule has 0 aliphatic carbocycles. The van der Waals surface area contributed by atoms with Crippen LogP contribution in [0.2, 0.25) is 0 Å². The molecule has 2 rings (SSSR count). The van der Waals surface area contributed by atoms with E-state index in [-0.39, 0.29) is 11.8 Å². The van der Waals surface area contributed by atoms with Crippen molar-refractivity contribution in [1.82, 2.24) is 0 Å². The molecule has 2 aromatic carbocycles. The number of alkyl halides is 1. The summed E-state index contributed by atoms with van der Waals surface area (Å²) in [5.41, 5.74) is 4.32. The third-order valence-electron chi connectivity index (χ3n) is 5.03. The lowest BCUT2D eigenvalue weighted by Gasteiger charge is -2.23. The van der Waals surface area contributed by atoms with Gasteiger partial charge >= 0.3 is 0 Å². The average molecular weight is 484 g/mol. The fraction of sp³-hybridized carbons (Fsp3) is 0.478. The molecule has 2 aromatic rings. The molecule has 0 saturated carbocycles. The van der Waals surface area contributed by atoms with Gasteiger partial charge in [-0.15, -0.1) is 0 Å². The largest absolute Gasteiger partial charge is 0.278 e. The Hall–Kier alpha value is -1.40. The summed E-state index contributed by atoms with van der Waals surface area (Å²) < 4.78 is 43.6. The molecule has 0 bridgehead atoms. The molecule has 0 fully saturated rings. The number of halogens is 2. The van der Waals surface area contributed by atoms with Crippen molar-refractivity contribution in [2.24, 2.45) is 0 Å². The first-order valence-corrected chi connectivity index (χ1v) is 12.2. The molecule has 29 heavy (non-hydrogen) atoms. The van der Waals surface area contributed by atoms with Gasteiger partial charge in [-0.05, 0) is 74.5 Å². The van der Waals surface area contributed by atoms with Crippen LogP contribution in [-0.2, 0) is 16.7 Å². The van der Waals surface area contributed by atoms with Crippen molar-refractivity contribution in [1.29, 1.82) is 0 Å². The number of aryl methyl sites for hydroxylation is 1. The lowest BCUT2D eigenvalue weighted by atomic mass is 9.89. The molecule has 0 atom stereocenters. The molecule has 0 amide bonds. The first-order chi connectivity index (χ1) is 13.4. The summed E-state index contributed by atoms with van der Waals surface area (Å²) in [7, 11) is -3.87. The Labute approximate surface area is 183 Å². The third kappa shape index (κ3) is 5.21. The number of nitrogens with one attached hydrogen (secondary N) is 1. The average Bonchev–Trinajstić information content (AvgIpc) is 2.62. The van der Waals surface area contributed by atoms with Crippen LogP contribution in [0, 0.1) is 6.92 Å². The fourth-order valence-corrected chi connectivity index (χ4v) is 5.74. The maximum Gasteiger partial charge on any atom is 0.262 e. The molecule has 160 valence electrons. The second-order valence-corrected chi connectivity index (χ2v) is 10.9. The Morgan fingerprint density at radius 3 is 1.86 bits per heavy atom. The van der Waals surface area contributed by atoms with E-state index in [0.717, 1.165) is 22.3 Å².